The van der Waals surface area contributed by atoms with Gasteiger partial charge in [-0.15, -0.1) is 8.67 Å². The first-order valence-corrected chi connectivity index (χ1v) is 28.7. The zero-order valence-electron chi connectivity index (χ0n) is 40.2. The molecule has 22 heteroatoms. The summed E-state index contributed by atoms with van der Waals surface area (Å²) >= 11 is 9.30. The van der Waals surface area contributed by atoms with Crippen LogP contribution in [-0.2, 0) is 54.6 Å². The topological polar surface area (TPSA) is 233 Å². The third-order valence-electron chi connectivity index (χ3n) is 13.2. The third kappa shape index (κ3) is 14.3. The van der Waals surface area contributed by atoms with Crippen LogP contribution in [0.2, 0.25) is 0 Å². The van der Waals surface area contributed by atoms with Gasteiger partial charge in [0.05, 0.1) is 16.1 Å². The van der Waals surface area contributed by atoms with Gasteiger partial charge in [-0.1, -0.05) is 53.7 Å². The summed E-state index contributed by atoms with van der Waals surface area (Å²) < 4.78 is 78.7. The molecule has 0 atom stereocenters. The van der Waals surface area contributed by atoms with Crippen LogP contribution in [-0.4, -0.2) is 101 Å². The Balaban J connectivity index is 1.34. The lowest BCUT2D eigenvalue weighted by Crippen LogP contribution is -2.28. The van der Waals surface area contributed by atoms with Crippen molar-refractivity contribution < 1.29 is 69.7 Å². The molecule has 71 heavy (non-hydrogen) atoms. The average Bonchev–Trinajstić information content (AvgIpc) is 3.66. The summed E-state index contributed by atoms with van der Waals surface area (Å²) in [6.45, 7) is 10.7. The van der Waals surface area contributed by atoms with Gasteiger partial charge in [-0.25, -0.2) is 10.5 Å². The van der Waals surface area contributed by atoms with Crippen LogP contribution in [0.3, 0.4) is 0 Å². The predicted molar refractivity (Wildman–Crippen MR) is 279 cm³/mol. The minimum absolute atomic E-state index is 0.0939. The molecule has 0 saturated heterocycles. The molecule has 0 amide bonds. The van der Waals surface area contributed by atoms with E-state index in [9.17, 15) is 35.8 Å². The van der Waals surface area contributed by atoms with Gasteiger partial charge in [0.25, 0.3) is 20.2 Å². The van der Waals surface area contributed by atoms with Crippen molar-refractivity contribution in [1.29, 1.82) is 0 Å². The highest BCUT2D eigenvalue weighted by Crippen LogP contribution is 2.50. The predicted octanol–water partition coefficient (Wildman–Crippen LogP) is 11.0. The van der Waals surface area contributed by atoms with Crippen molar-refractivity contribution in [3.63, 3.8) is 0 Å². The van der Waals surface area contributed by atoms with Crippen molar-refractivity contribution in [1.82, 2.24) is 0 Å². The van der Waals surface area contributed by atoms with E-state index in [1.54, 1.807) is 6.07 Å². The summed E-state index contributed by atoms with van der Waals surface area (Å²) in [5.74, 6) is -0.135. The quantitative estimate of drug-likeness (QED) is 0.0119. The molecule has 0 aromatic heterocycles. The van der Waals surface area contributed by atoms with Crippen LogP contribution in [0.5, 0.6) is 0 Å². The van der Waals surface area contributed by atoms with Crippen molar-refractivity contribution in [2.45, 2.75) is 108 Å². The number of carbonyl (C=O) groups is 1. The summed E-state index contributed by atoms with van der Waals surface area (Å²) in [6.07, 6.45) is 14.3. The largest absolute Gasteiger partial charge is 0.481 e. The van der Waals surface area contributed by atoms with Crippen LogP contribution in [0.15, 0.2) is 99.6 Å². The molecule has 3 aromatic rings. The summed E-state index contributed by atoms with van der Waals surface area (Å²) in [6, 6.07) is 14.7. The molecule has 388 valence electrons. The van der Waals surface area contributed by atoms with Gasteiger partial charge in [-0.2, -0.15) is 21.4 Å². The van der Waals surface area contributed by atoms with Gasteiger partial charge in [0, 0.05) is 113 Å². The second-order valence-corrected chi connectivity index (χ2v) is 23.6. The number of aliphatic carboxylic acids is 1. The Kier molecular flexibility index (Phi) is 19.8. The van der Waals surface area contributed by atoms with Gasteiger partial charge in [-0.05, 0) is 135 Å². The summed E-state index contributed by atoms with van der Waals surface area (Å²) in [5.41, 5.74) is 7.60. The highest BCUT2D eigenvalue weighted by atomic mass is 35.5. The number of allylic oxidation sites excluding steroid dienone is 8. The number of rotatable bonds is 27. The first kappa shape index (κ1) is 56.5. The van der Waals surface area contributed by atoms with E-state index in [1.165, 1.54) is 12.1 Å². The van der Waals surface area contributed by atoms with Crippen LogP contribution >= 0.6 is 35.7 Å². The molecule has 5 N–H and O–H groups in total. The molecule has 0 saturated carbocycles. The van der Waals surface area contributed by atoms with Crippen LogP contribution in [0, 0.1) is 0 Å². The molecule has 6 rings (SSSR count). The second kappa shape index (κ2) is 24.9. The van der Waals surface area contributed by atoms with Crippen LogP contribution in [0.4, 0.5) is 17.1 Å². The Morgan fingerprint density at radius 3 is 2.20 bits per heavy atom. The van der Waals surface area contributed by atoms with E-state index in [4.69, 9.17) is 22.1 Å². The van der Waals surface area contributed by atoms with Gasteiger partial charge in [0.15, 0.2) is 5.71 Å². The summed E-state index contributed by atoms with van der Waals surface area (Å²) in [4.78, 5) is 15.4. The fourth-order valence-corrected chi connectivity index (χ4v) is 11.9. The molecule has 3 aromatic carbocycles. The number of halogens is 1. The smallest absolute Gasteiger partial charge is 0.303 e. The monoisotopic (exact) mass is 1080 g/mol. The van der Waals surface area contributed by atoms with E-state index in [0.717, 1.165) is 112 Å². The van der Waals surface area contributed by atoms with E-state index in [0.29, 0.717) is 67.4 Å². The number of hydrogen-bond acceptors (Lipinski definition) is 15. The third-order valence-corrected chi connectivity index (χ3v) is 16.6. The Labute approximate surface area is 429 Å². The maximum absolute atomic E-state index is 12.1. The molecule has 0 unspecified atom stereocenters. The lowest BCUT2D eigenvalue weighted by molar-refractivity contribution is -0.438. The number of unbranched alkanes of at least 4 members (excludes halogenated alkanes) is 2. The van der Waals surface area contributed by atoms with E-state index >= 15 is 0 Å². The first-order valence-electron chi connectivity index (χ1n) is 23.4. The standard InChI is InChI=1S/C49H62ClN3O14S4/c1-48(2)40-33-37(51(25-9-29-68-66-64-56)26-10-30-69-67-65-57)18-22-41(40)52(28-11-31-70(58,59)60)43(48)23-16-34-12-8-13-35(47(34)50)17-24-44-49(3,4)46-39-20-19-38(71(61,62)63)32-36(39)15-21-42(46)53(44)27-7-5-6-14-45(54)55/h15-24,32-33H,5-14,25-31H2,1-4H3,(H4-,54,55,56,57,58,59,60,61,62,63)/p+1. The minimum Gasteiger partial charge on any atom is -0.481 e. The Bertz CT molecular complexity index is 2800. The number of carboxylic acid groups (broad SMARTS) is 1. The van der Waals surface area contributed by atoms with Crippen molar-refractivity contribution in [2.75, 3.05) is 53.2 Å². The number of nitrogens with zero attached hydrogens (tertiary/aromatic N) is 3. The number of fused-ring (bicyclic) bond motifs is 4. The Morgan fingerprint density at radius 2 is 1.55 bits per heavy atom. The van der Waals surface area contributed by atoms with Crippen molar-refractivity contribution in [3.8, 4) is 0 Å². The molecule has 3 aliphatic rings. The lowest BCUT2D eigenvalue weighted by atomic mass is 9.78. The number of hydrogen-bond donors (Lipinski definition) is 5. The molecule has 17 nitrogen and oxygen atoms in total. The maximum Gasteiger partial charge on any atom is 0.303 e. The van der Waals surface area contributed by atoms with E-state index in [1.807, 2.05) is 30.3 Å². The van der Waals surface area contributed by atoms with Crippen LogP contribution in [0.25, 0.3) is 10.8 Å². The summed E-state index contributed by atoms with van der Waals surface area (Å²) in [5, 5.41) is 36.0. The highest BCUT2D eigenvalue weighted by molar-refractivity contribution is 7.94. The number of anilines is 2. The number of carboxylic acids is 1. The molecule has 0 fully saturated rings. The molecule has 1 aliphatic carbocycles. The SMILES string of the molecule is CC1(C)C(=CC=C2CCCC(C=CC3=[N+](CCCCCC(=O)O)c4ccc5cc(S(=O)(=O)O)ccc5c4C3(C)C)=C2Cl)N(CCCS(=O)(=O)O)c2ccc(N(CCCSOOO)CCCSOOO)cc21. The maximum atomic E-state index is 12.1. The minimum atomic E-state index is -4.42. The summed E-state index contributed by atoms with van der Waals surface area (Å²) in [7, 11) is -8.62. The zero-order chi connectivity index (χ0) is 51.6. The van der Waals surface area contributed by atoms with Gasteiger partial charge in [0.2, 0.25) is 5.69 Å². The number of benzene rings is 3. The fourth-order valence-electron chi connectivity index (χ4n) is 9.88. The van der Waals surface area contributed by atoms with E-state index in [2.05, 4.69) is 85.1 Å². The van der Waals surface area contributed by atoms with Gasteiger partial charge in [0.1, 0.15) is 6.54 Å². The Hall–Kier alpha value is -3.81. The molecule has 2 heterocycles. The van der Waals surface area contributed by atoms with E-state index < -0.39 is 42.8 Å². The zero-order valence-corrected chi connectivity index (χ0v) is 44.2. The van der Waals surface area contributed by atoms with Crippen molar-refractivity contribution in [2.24, 2.45) is 0 Å². The van der Waals surface area contributed by atoms with Gasteiger partial charge < -0.3 is 14.9 Å². The lowest BCUT2D eigenvalue weighted by Gasteiger charge is -2.27. The Morgan fingerprint density at radius 1 is 0.845 bits per heavy atom. The van der Waals surface area contributed by atoms with Crippen LogP contribution < -0.4 is 9.80 Å². The fraction of sp³-hybridized carbons (Fsp3) is 0.469. The van der Waals surface area contributed by atoms with Crippen LogP contribution in [0.1, 0.15) is 103 Å². The molecular formula is C49H63ClN3O14S4+. The highest BCUT2D eigenvalue weighted by Gasteiger charge is 2.46. The molecule has 0 spiro atoms. The molecular weight excluding hydrogens is 1020 g/mol. The molecule has 0 radical (unpaired) electrons. The van der Waals surface area contributed by atoms with Crippen molar-refractivity contribution >= 4 is 95.4 Å². The molecule has 2 aliphatic heterocycles. The van der Waals surface area contributed by atoms with Gasteiger partial charge in [-0.3, -0.25) is 13.9 Å². The average molecular weight is 1080 g/mol. The normalized spacial score (nSPS) is 17.9. The molecule has 0 bridgehead atoms. The van der Waals surface area contributed by atoms with E-state index in [-0.39, 0.29) is 17.7 Å². The van der Waals surface area contributed by atoms with Crippen molar-refractivity contribution in [3.05, 3.63) is 106 Å². The van der Waals surface area contributed by atoms with Gasteiger partial charge >= 0.3 is 5.97 Å². The first-order chi connectivity index (χ1) is 33.7. The second-order valence-electron chi connectivity index (χ2n) is 18.7.